The van der Waals surface area contributed by atoms with Gasteiger partial charge in [-0.15, -0.1) is 0 Å². The van der Waals surface area contributed by atoms with Crippen molar-refractivity contribution in [3.05, 3.63) is 47.2 Å². The second-order valence-electron chi connectivity index (χ2n) is 6.62. The van der Waals surface area contributed by atoms with Crippen LogP contribution in [-0.2, 0) is 9.59 Å². The Hall–Kier alpha value is -1.81. The average molecular weight is 379 g/mol. The molecule has 0 saturated heterocycles. The number of carbonyl (C=O) groups excluding carboxylic acids is 2. The molecule has 4 nitrogen and oxygen atoms in total. The molecule has 0 bridgehead atoms. The molecule has 1 N–H and O–H groups in total. The zero-order valence-corrected chi connectivity index (χ0v) is 16.9. The van der Waals surface area contributed by atoms with Crippen molar-refractivity contribution in [1.29, 1.82) is 0 Å². The van der Waals surface area contributed by atoms with E-state index in [4.69, 9.17) is 11.6 Å². The van der Waals surface area contributed by atoms with Crippen LogP contribution in [0.15, 0.2) is 47.2 Å². The van der Waals surface area contributed by atoms with Gasteiger partial charge < -0.3 is 15.0 Å². The number of allylic oxidation sites excluding steroid dienone is 5. The van der Waals surface area contributed by atoms with Gasteiger partial charge in [0.05, 0.1) is 12.6 Å². The van der Waals surface area contributed by atoms with Crippen LogP contribution in [0.3, 0.4) is 0 Å². The van der Waals surface area contributed by atoms with Crippen LogP contribution in [-0.4, -0.2) is 36.2 Å². The number of nitrogens with zero attached hydrogens (tertiary/aromatic N) is 1. The Kier molecular flexibility index (Phi) is 10.0. The van der Waals surface area contributed by atoms with Crippen molar-refractivity contribution in [1.82, 2.24) is 10.2 Å². The van der Waals surface area contributed by atoms with E-state index in [1.165, 1.54) is 0 Å². The lowest BCUT2D eigenvalue weighted by Gasteiger charge is -2.31. The lowest BCUT2D eigenvalue weighted by atomic mass is 10.00. The van der Waals surface area contributed by atoms with E-state index in [9.17, 15) is 9.59 Å². The standard InChI is InChI=1S/C21H31ClN2O2/c1-5-12-24(13-14-25)17(4)20(23-21(26)16(3)6-2)15-18-8-7-9-19(22)11-10-18/h8-11,14,16,20H,4-7,12-13,15H2,1-3H3,(H,23,26)/t16-,20?/m1/s1. The molecule has 0 aliphatic heterocycles. The van der Waals surface area contributed by atoms with Gasteiger partial charge in [-0.3, -0.25) is 4.79 Å². The van der Waals surface area contributed by atoms with Gasteiger partial charge in [0.2, 0.25) is 5.91 Å². The van der Waals surface area contributed by atoms with Crippen LogP contribution in [0.4, 0.5) is 0 Å². The van der Waals surface area contributed by atoms with Crippen LogP contribution >= 0.6 is 11.6 Å². The molecule has 144 valence electrons. The van der Waals surface area contributed by atoms with Gasteiger partial charge in [0, 0.05) is 23.2 Å². The first-order valence-electron chi connectivity index (χ1n) is 9.33. The van der Waals surface area contributed by atoms with E-state index in [1.807, 2.05) is 37.0 Å². The quantitative estimate of drug-likeness (QED) is 0.544. The molecule has 2 atom stereocenters. The molecule has 0 radical (unpaired) electrons. The van der Waals surface area contributed by atoms with Crippen molar-refractivity contribution in [3.63, 3.8) is 0 Å². The van der Waals surface area contributed by atoms with E-state index in [1.54, 1.807) is 0 Å². The summed E-state index contributed by atoms with van der Waals surface area (Å²) in [5.74, 6) is -0.0543. The second-order valence-corrected chi connectivity index (χ2v) is 7.05. The van der Waals surface area contributed by atoms with E-state index >= 15 is 0 Å². The minimum Gasteiger partial charge on any atom is -0.367 e. The predicted octanol–water partition coefficient (Wildman–Crippen LogP) is 4.34. The summed E-state index contributed by atoms with van der Waals surface area (Å²) < 4.78 is 0. The Morgan fingerprint density at radius 3 is 2.73 bits per heavy atom. The van der Waals surface area contributed by atoms with E-state index in [2.05, 4.69) is 24.9 Å². The third-order valence-corrected chi connectivity index (χ3v) is 4.84. The summed E-state index contributed by atoms with van der Waals surface area (Å²) in [6, 6.07) is -0.254. The van der Waals surface area contributed by atoms with Gasteiger partial charge in [-0.1, -0.05) is 57.2 Å². The molecule has 0 aromatic heterocycles. The van der Waals surface area contributed by atoms with Crippen molar-refractivity contribution < 1.29 is 9.59 Å². The van der Waals surface area contributed by atoms with E-state index in [0.717, 1.165) is 43.4 Å². The third-order valence-electron chi connectivity index (χ3n) is 4.56. The molecule has 1 aliphatic carbocycles. The summed E-state index contributed by atoms with van der Waals surface area (Å²) in [6.45, 7) is 11.2. The van der Waals surface area contributed by atoms with Crippen LogP contribution in [0.2, 0.25) is 0 Å². The minimum absolute atomic E-state index is 0.00978. The monoisotopic (exact) mass is 378 g/mol. The molecule has 1 rings (SSSR count). The zero-order valence-electron chi connectivity index (χ0n) is 16.1. The topological polar surface area (TPSA) is 49.4 Å². The molecule has 1 aliphatic rings. The maximum absolute atomic E-state index is 12.5. The fraction of sp³-hybridized carbons (Fsp3) is 0.524. The van der Waals surface area contributed by atoms with Crippen molar-refractivity contribution in [2.75, 3.05) is 13.1 Å². The van der Waals surface area contributed by atoms with E-state index < -0.39 is 0 Å². The van der Waals surface area contributed by atoms with Gasteiger partial charge in [0.15, 0.2) is 0 Å². The molecule has 0 aromatic rings. The number of aldehydes is 1. The summed E-state index contributed by atoms with van der Waals surface area (Å²) in [4.78, 5) is 25.5. The summed E-state index contributed by atoms with van der Waals surface area (Å²) in [5.41, 5.74) is 1.86. The highest BCUT2D eigenvalue weighted by Crippen LogP contribution is 2.21. The Balaban J connectivity index is 2.98. The third kappa shape index (κ3) is 7.20. The Morgan fingerprint density at radius 2 is 2.12 bits per heavy atom. The first kappa shape index (κ1) is 22.2. The number of rotatable bonds is 11. The summed E-state index contributed by atoms with van der Waals surface area (Å²) in [7, 11) is 0. The van der Waals surface area contributed by atoms with Crippen molar-refractivity contribution in [2.24, 2.45) is 5.92 Å². The SMILES string of the molecule is C=C(C(CC1=CCC=C(Cl)C=C1)NC(=O)[C@H](C)CC)N(CC=O)CCC. The summed E-state index contributed by atoms with van der Waals surface area (Å²) >= 11 is 6.07. The van der Waals surface area contributed by atoms with Gasteiger partial charge in [0.1, 0.15) is 6.29 Å². The number of hydrogen-bond acceptors (Lipinski definition) is 3. The van der Waals surface area contributed by atoms with Crippen LogP contribution in [0, 0.1) is 5.92 Å². The maximum atomic E-state index is 12.5. The lowest BCUT2D eigenvalue weighted by molar-refractivity contribution is -0.125. The van der Waals surface area contributed by atoms with Crippen LogP contribution < -0.4 is 5.32 Å². The molecule has 0 spiro atoms. The normalized spacial score (nSPS) is 16.0. The first-order valence-corrected chi connectivity index (χ1v) is 9.71. The van der Waals surface area contributed by atoms with Crippen LogP contribution in [0.5, 0.6) is 0 Å². The molecule has 0 heterocycles. The van der Waals surface area contributed by atoms with Crippen molar-refractivity contribution in [2.45, 2.75) is 52.5 Å². The number of halogens is 1. The Morgan fingerprint density at radius 1 is 1.38 bits per heavy atom. The molecule has 26 heavy (non-hydrogen) atoms. The number of nitrogens with one attached hydrogen (secondary N) is 1. The molecule has 1 unspecified atom stereocenters. The number of carbonyl (C=O) groups is 2. The molecular weight excluding hydrogens is 348 g/mol. The fourth-order valence-corrected chi connectivity index (χ4v) is 2.87. The number of hydrogen-bond donors (Lipinski definition) is 1. The van der Waals surface area contributed by atoms with Crippen LogP contribution in [0.1, 0.15) is 46.5 Å². The zero-order chi connectivity index (χ0) is 19.5. The summed E-state index contributed by atoms with van der Waals surface area (Å²) in [6.07, 6.45) is 11.8. The second kappa shape index (κ2) is 11.7. The molecule has 1 amide bonds. The van der Waals surface area contributed by atoms with Gasteiger partial charge in [-0.25, -0.2) is 0 Å². The summed E-state index contributed by atoms with van der Waals surface area (Å²) in [5, 5.41) is 3.83. The lowest BCUT2D eigenvalue weighted by Crippen LogP contribution is -2.44. The predicted molar refractivity (Wildman–Crippen MR) is 109 cm³/mol. The molecule has 0 aromatic carbocycles. The Labute approximate surface area is 162 Å². The smallest absolute Gasteiger partial charge is 0.223 e. The molecular formula is C21H31ClN2O2. The highest BCUT2D eigenvalue weighted by molar-refractivity contribution is 6.31. The van der Waals surface area contributed by atoms with Crippen LogP contribution in [0.25, 0.3) is 0 Å². The minimum atomic E-state index is -0.254. The first-order chi connectivity index (χ1) is 12.4. The highest BCUT2D eigenvalue weighted by Gasteiger charge is 2.23. The highest BCUT2D eigenvalue weighted by atomic mass is 35.5. The maximum Gasteiger partial charge on any atom is 0.223 e. The van der Waals surface area contributed by atoms with Gasteiger partial charge in [0.25, 0.3) is 0 Å². The molecule has 0 saturated carbocycles. The Bertz CT molecular complexity index is 593. The molecule has 5 heteroatoms. The van der Waals surface area contributed by atoms with Crippen molar-refractivity contribution >= 4 is 23.8 Å². The average Bonchev–Trinajstić information content (AvgIpc) is 2.83. The molecule has 0 fully saturated rings. The van der Waals surface area contributed by atoms with Gasteiger partial charge in [-0.05, 0) is 37.3 Å². The number of amides is 1. The van der Waals surface area contributed by atoms with Gasteiger partial charge >= 0.3 is 0 Å². The van der Waals surface area contributed by atoms with E-state index in [0.29, 0.717) is 11.5 Å². The van der Waals surface area contributed by atoms with Crippen molar-refractivity contribution in [3.8, 4) is 0 Å². The largest absolute Gasteiger partial charge is 0.367 e. The van der Waals surface area contributed by atoms with E-state index in [-0.39, 0.29) is 24.4 Å². The fourth-order valence-electron chi connectivity index (χ4n) is 2.72. The van der Waals surface area contributed by atoms with Gasteiger partial charge in [-0.2, -0.15) is 0 Å².